The first-order valence-electron chi connectivity index (χ1n) is 4.28. The molecule has 0 fully saturated rings. The van der Waals surface area contributed by atoms with Gasteiger partial charge in [-0.15, -0.1) is 0 Å². The standard InChI is InChI=1S/C9H10N4O/c14-8(9-11-6-12-13-9)5-7-1-3-10-4-2-7/h1-4,6,8,14H,5H2,(H,11,12,13). The van der Waals surface area contributed by atoms with E-state index in [4.69, 9.17) is 0 Å². The Morgan fingerprint density at radius 2 is 2.14 bits per heavy atom. The van der Waals surface area contributed by atoms with Crippen LogP contribution in [-0.2, 0) is 6.42 Å². The van der Waals surface area contributed by atoms with Gasteiger partial charge < -0.3 is 5.11 Å². The van der Waals surface area contributed by atoms with Crippen molar-refractivity contribution in [2.45, 2.75) is 12.5 Å². The van der Waals surface area contributed by atoms with Crippen molar-refractivity contribution in [2.24, 2.45) is 0 Å². The Morgan fingerprint density at radius 3 is 2.79 bits per heavy atom. The molecular weight excluding hydrogens is 180 g/mol. The number of hydrogen-bond acceptors (Lipinski definition) is 4. The van der Waals surface area contributed by atoms with Gasteiger partial charge in [-0.3, -0.25) is 10.1 Å². The average Bonchev–Trinajstić information content (AvgIpc) is 2.72. The van der Waals surface area contributed by atoms with Gasteiger partial charge in [0.2, 0.25) is 0 Å². The largest absolute Gasteiger partial charge is 0.385 e. The highest BCUT2D eigenvalue weighted by Gasteiger charge is 2.10. The molecule has 0 aromatic carbocycles. The number of aromatic nitrogens is 4. The van der Waals surface area contributed by atoms with Crippen LogP contribution >= 0.6 is 0 Å². The minimum atomic E-state index is -0.639. The smallest absolute Gasteiger partial charge is 0.153 e. The van der Waals surface area contributed by atoms with E-state index in [1.807, 2.05) is 12.1 Å². The van der Waals surface area contributed by atoms with Crippen LogP contribution in [0.2, 0.25) is 0 Å². The Kier molecular flexibility index (Phi) is 2.51. The summed E-state index contributed by atoms with van der Waals surface area (Å²) in [6, 6.07) is 3.72. The van der Waals surface area contributed by atoms with Gasteiger partial charge in [0.15, 0.2) is 5.82 Å². The van der Waals surface area contributed by atoms with Crippen molar-refractivity contribution in [3.63, 3.8) is 0 Å². The molecule has 2 aromatic rings. The van der Waals surface area contributed by atoms with Crippen LogP contribution in [0.4, 0.5) is 0 Å². The lowest BCUT2D eigenvalue weighted by Gasteiger charge is -2.06. The number of pyridine rings is 1. The average molecular weight is 190 g/mol. The fourth-order valence-electron chi connectivity index (χ4n) is 1.21. The molecule has 0 bridgehead atoms. The number of H-pyrrole nitrogens is 1. The molecule has 2 heterocycles. The zero-order valence-corrected chi connectivity index (χ0v) is 7.46. The quantitative estimate of drug-likeness (QED) is 0.738. The molecule has 1 unspecified atom stereocenters. The van der Waals surface area contributed by atoms with E-state index >= 15 is 0 Å². The summed E-state index contributed by atoms with van der Waals surface area (Å²) < 4.78 is 0. The van der Waals surface area contributed by atoms with Gasteiger partial charge in [-0.2, -0.15) is 5.10 Å². The lowest BCUT2D eigenvalue weighted by Crippen LogP contribution is -2.03. The number of aliphatic hydroxyl groups is 1. The van der Waals surface area contributed by atoms with Crippen molar-refractivity contribution < 1.29 is 5.11 Å². The third kappa shape index (κ3) is 1.94. The zero-order valence-electron chi connectivity index (χ0n) is 7.46. The van der Waals surface area contributed by atoms with Crippen molar-refractivity contribution in [2.75, 3.05) is 0 Å². The fraction of sp³-hybridized carbons (Fsp3) is 0.222. The molecule has 2 aromatic heterocycles. The van der Waals surface area contributed by atoms with Crippen LogP contribution in [0.25, 0.3) is 0 Å². The summed E-state index contributed by atoms with van der Waals surface area (Å²) in [4.78, 5) is 7.78. The number of nitrogens with one attached hydrogen (secondary N) is 1. The number of aliphatic hydroxyl groups excluding tert-OH is 1. The Hall–Kier alpha value is -1.75. The van der Waals surface area contributed by atoms with E-state index in [0.717, 1.165) is 5.56 Å². The zero-order chi connectivity index (χ0) is 9.80. The van der Waals surface area contributed by atoms with E-state index in [0.29, 0.717) is 12.2 Å². The lowest BCUT2D eigenvalue weighted by atomic mass is 10.1. The van der Waals surface area contributed by atoms with Crippen LogP contribution < -0.4 is 0 Å². The molecule has 72 valence electrons. The van der Waals surface area contributed by atoms with E-state index in [-0.39, 0.29) is 0 Å². The second kappa shape index (κ2) is 3.97. The Bertz CT molecular complexity index is 373. The van der Waals surface area contributed by atoms with E-state index in [2.05, 4.69) is 20.2 Å². The second-order valence-corrected chi connectivity index (χ2v) is 2.95. The molecule has 0 aliphatic heterocycles. The minimum absolute atomic E-state index is 0.488. The first kappa shape index (κ1) is 8.83. The summed E-state index contributed by atoms with van der Waals surface area (Å²) in [6.07, 6.45) is 4.65. The van der Waals surface area contributed by atoms with Crippen LogP contribution in [0.15, 0.2) is 30.9 Å². The Labute approximate surface area is 80.8 Å². The molecular formula is C9H10N4O. The number of aromatic amines is 1. The summed E-state index contributed by atoms with van der Waals surface area (Å²) in [5, 5.41) is 16.0. The van der Waals surface area contributed by atoms with Crippen molar-refractivity contribution in [3.05, 3.63) is 42.2 Å². The van der Waals surface area contributed by atoms with Crippen LogP contribution in [0.1, 0.15) is 17.5 Å². The SMILES string of the molecule is OC(Cc1ccncc1)c1ncn[nH]1. The maximum atomic E-state index is 9.71. The lowest BCUT2D eigenvalue weighted by molar-refractivity contribution is 0.169. The summed E-state index contributed by atoms with van der Waals surface area (Å²) in [6.45, 7) is 0. The molecule has 0 saturated carbocycles. The maximum Gasteiger partial charge on any atom is 0.153 e. The second-order valence-electron chi connectivity index (χ2n) is 2.95. The highest BCUT2D eigenvalue weighted by atomic mass is 16.3. The van der Waals surface area contributed by atoms with Crippen molar-refractivity contribution in [3.8, 4) is 0 Å². The maximum absolute atomic E-state index is 9.71. The molecule has 0 aliphatic rings. The molecule has 0 spiro atoms. The first-order valence-corrected chi connectivity index (χ1v) is 4.28. The fourth-order valence-corrected chi connectivity index (χ4v) is 1.21. The molecule has 2 rings (SSSR count). The molecule has 5 nitrogen and oxygen atoms in total. The van der Waals surface area contributed by atoms with Crippen LogP contribution in [-0.4, -0.2) is 25.3 Å². The third-order valence-corrected chi connectivity index (χ3v) is 1.93. The van der Waals surface area contributed by atoms with Crippen molar-refractivity contribution in [1.82, 2.24) is 20.2 Å². The Morgan fingerprint density at radius 1 is 1.36 bits per heavy atom. The molecule has 1 atom stereocenters. The van der Waals surface area contributed by atoms with Crippen LogP contribution in [0, 0.1) is 0 Å². The van der Waals surface area contributed by atoms with Gasteiger partial charge in [-0.1, -0.05) is 0 Å². The number of hydrogen-bond donors (Lipinski definition) is 2. The van der Waals surface area contributed by atoms with Gasteiger partial charge >= 0.3 is 0 Å². The van der Waals surface area contributed by atoms with Crippen LogP contribution in [0.3, 0.4) is 0 Å². The summed E-state index contributed by atoms with van der Waals surface area (Å²) in [5.74, 6) is 0.488. The molecule has 14 heavy (non-hydrogen) atoms. The van der Waals surface area contributed by atoms with Crippen molar-refractivity contribution >= 4 is 0 Å². The predicted molar refractivity (Wildman–Crippen MR) is 49.3 cm³/mol. The summed E-state index contributed by atoms with van der Waals surface area (Å²) in [5.41, 5.74) is 1.02. The van der Waals surface area contributed by atoms with E-state index in [9.17, 15) is 5.11 Å². The molecule has 2 N–H and O–H groups in total. The number of rotatable bonds is 3. The molecule has 0 amide bonds. The van der Waals surface area contributed by atoms with Gasteiger partial charge in [0, 0.05) is 18.8 Å². The molecule has 0 radical (unpaired) electrons. The van der Waals surface area contributed by atoms with E-state index in [1.54, 1.807) is 12.4 Å². The predicted octanol–water partition coefficient (Wildman–Crippen LogP) is 0.476. The third-order valence-electron chi connectivity index (χ3n) is 1.93. The molecule has 5 heteroatoms. The molecule has 0 saturated heterocycles. The van der Waals surface area contributed by atoms with E-state index in [1.165, 1.54) is 6.33 Å². The van der Waals surface area contributed by atoms with E-state index < -0.39 is 6.10 Å². The normalized spacial score (nSPS) is 12.6. The molecule has 0 aliphatic carbocycles. The highest BCUT2D eigenvalue weighted by Crippen LogP contribution is 2.12. The first-order chi connectivity index (χ1) is 6.86. The van der Waals surface area contributed by atoms with Gasteiger partial charge in [0.25, 0.3) is 0 Å². The highest BCUT2D eigenvalue weighted by molar-refractivity contribution is 5.12. The van der Waals surface area contributed by atoms with Gasteiger partial charge in [0.1, 0.15) is 12.4 Å². The van der Waals surface area contributed by atoms with Crippen LogP contribution in [0.5, 0.6) is 0 Å². The minimum Gasteiger partial charge on any atom is -0.385 e. The number of nitrogens with zero attached hydrogens (tertiary/aromatic N) is 3. The van der Waals surface area contributed by atoms with Gasteiger partial charge in [-0.05, 0) is 17.7 Å². The monoisotopic (exact) mass is 190 g/mol. The summed E-state index contributed by atoms with van der Waals surface area (Å²) >= 11 is 0. The summed E-state index contributed by atoms with van der Waals surface area (Å²) in [7, 11) is 0. The van der Waals surface area contributed by atoms with Gasteiger partial charge in [-0.25, -0.2) is 4.98 Å². The van der Waals surface area contributed by atoms with Gasteiger partial charge in [0.05, 0.1) is 0 Å². The topological polar surface area (TPSA) is 74.7 Å². The Balaban J connectivity index is 2.06. The van der Waals surface area contributed by atoms with Crippen molar-refractivity contribution in [1.29, 1.82) is 0 Å².